The number of nitrogens with zero attached hydrogens (tertiary/aromatic N) is 3. The predicted octanol–water partition coefficient (Wildman–Crippen LogP) is 4.09. The lowest BCUT2D eigenvalue weighted by molar-refractivity contribution is -0.137. The summed E-state index contributed by atoms with van der Waals surface area (Å²) in [5.74, 6) is 1.93. The molecule has 5 nitrogen and oxygen atoms in total. The number of hydrogen-bond donors (Lipinski definition) is 1. The van der Waals surface area contributed by atoms with Crippen molar-refractivity contribution in [2.75, 3.05) is 13.2 Å². The second kappa shape index (κ2) is 7.90. The van der Waals surface area contributed by atoms with E-state index in [9.17, 15) is 13.2 Å². The number of aromatic nitrogens is 2. The monoisotopic (exact) mass is 398 g/mol. The Labute approximate surface area is 165 Å². The Kier molecular flexibility index (Phi) is 5.16. The van der Waals surface area contributed by atoms with Crippen LogP contribution in [0.15, 0.2) is 65.9 Å². The van der Waals surface area contributed by atoms with E-state index >= 15 is 0 Å². The average Bonchev–Trinajstić information content (AvgIpc) is 2.94. The van der Waals surface area contributed by atoms with Crippen molar-refractivity contribution in [3.05, 3.63) is 77.9 Å². The van der Waals surface area contributed by atoms with Crippen LogP contribution in [0.25, 0.3) is 11.1 Å². The Hall–Kier alpha value is -3.42. The SMILES string of the molecule is FC(F)(F)c1ccc(-c2ccc3c(c2)C(NCc2ncccn2)=NCCO3)cc1. The quantitative estimate of drug-likeness (QED) is 0.722. The molecule has 0 fully saturated rings. The zero-order valence-corrected chi connectivity index (χ0v) is 15.3. The molecule has 2 heterocycles. The fourth-order valence-corrected chi connectivity index (χ4v) is 3.01. The van der Waals surface area contributed by atoms with Gasteiger partial charge in [-0.05, 0) is 41.5 Å². The fraction of sp³-hybridized carbons (Fsp3) is 0.190. The molecule has 0 saturated carbocycles. The highest BCUT2D eigenvalue weighted by atomic mass is 19.4. The van der Waals surface area contributed by atoms with Crippen molar-refractivity contribution in [3.63, 3.8) is 0 Å². The second-order valence-corrected chi connectivity index (χ2v) is 6.38. The van der Waals surface area contributed by atoms with Crippen LogP contribution in [0.4, 0.5) is 13.2 Å². The molecule has 0 aliphatic carbocycles. The highest BCUT2D eigenvalue weighted by Crippen LogP contribution is 2.32. The van der Waals surface area contributed by atoms with E-state index in [0.29, 0.717) is 42.7 Å². The van der Waals surface area contributed by atoms with E-state index in [1.165, 1.54) is 12.1 Å². The van der Waals surface area contributed by atoms with E-state index in [-0.39, 0.29) is 0 Å². The molecule has 0 unspecified atom stereocenters. The van der Waals surface area contributed by atoms with Gasteiger partial charge >= 0.3 is 6.18 Å². The van der Waals surface area contributed by atoms with Gasteiger partial charge in [-0.2, -0.15) is 13.2 Å². The summed E-state index contributed by atoms with van der Waals surface area (Å²) >= 11 is 0. The molecule has 2 aromatic carbocycles. The number of aliphatic imine (C=N–C) groups is 1. The van der Waals surface area contributed by atoms with Crippen LogP contribution in [-0.2, 0) is 12.7 Å². The maximum absolute atomic E-state index is 12.8. The lowest BCUT2D eigenvalue weighted by Crippen LogP contribution is -2.25. The maximum Gasteiger partial charge on any atom is 0.416 e. The molecule has 1 aromatic heterocycles. The van der Waals surface area contributed by atoms with Crippen LogP contribution in [0.5, 0.6) is 5.75 Å². The largest absolute Gasteiger partial charge is 0.491 e. The lowest BCUT2D eigenvalue weighted by atomic mass is 10.0. The van der Waals surface area contributed by atoms with Gasteiger partial charge in [0, 0.05) is 12.4 Å². The Balaban J connectivity index is 1.62. The smallest absolute Gasteiger partial charge is 0.416 e. The number of amidine groups is 1. The second-order valence-electron chi connectivity index (χ2n) is 6.38. The summed E-state index contributed by atoms with van der Waals surface area (Å²) in [7, 11) is 0. The zero-order chi connectivity index (χ0) is 20.3. The van der Waals surface area contributed by atoms with Crippen LogP contribution in [0, 0.1) is 0 Å². The molecule has 0 radical (unpaired) electrons. The highest BCUT2D eigenvalue weighted by molar-refractivity contribution is 6.02. The molecule has 3 aromatic rings. The number of hydrogen-bond acceptors (Lipinski definition) is 5. The van der Waals surface area contributed by atoms with Crippen molar-refractivity contribution < 1.29 is 17.9 Å². The number of nitrogens with one attached hydrogen (secondary N) is 1. The van der Waals surface area contributed by atoms with Gasteiger partial charge in [0.25, 0.3) is 0 Å². The van der Waals surface area contributed by atoms with E-state index in [1.807, 2.05) is 18.2 Å². The maximum atomic E-state index is 12.8. The Morgan fingerprint density at radius 3 is 2.41 bits per heavy atom. The first-order valence-electron chi connectivity index (χ1n) is 9.00. The highest BCUT2D eigenvalue weighted by Gasteiger charge is 2.30. The molecule has 0 spiro atoms. The van der Waals surface area contributed by atoms with Gasteiger partial charge in [0.1, 0.15) is 24.0 Å². The van der Waals surface area contributed by atoms with Gasteiger partial charge in [-0.25, -0.2) is 9.97 Å². The third-order valence-electron chi connectivity index (χ3n) is 4.43. The minimum absolute atomic E-state index is 0.392. The molecule has 4 rings (SSSR count). The standard InChI is InChI=1S/C21H17F3N4O/c22-21(23,24)16-5-2-14(3-6-16)15-4-7-18-17(12-15)20(27-10-11-29-18)28-13-19-25-8-1-9-26-19/h1-9,12H,10-11,13H2,(H,27,28). The molecule has 0 atom stereocenters. The summed E-state index contributed by atoms with van der Waals surface area (Å²) in [5.41, 5.74) is 1.52. The minimum Gasteiger partial charge on any atom is -0.491 e. The Morgan fingerprint density at radius 1 is 0.966 bits per heavy atom. The first kappa shape index (κ1) is 18.9. The molecule has 0 bridgehead atoms. The van der Waals surface area contributed by atoms with E-state index in [4.69, 9.17) is 4.74 Å². The van der Waals surface area contributed by atoms with Crippen LogP contribution >= 0.6 is 0 Å². The minimum atomic E-state index is -4.36. The lowest BCUT2D eigenvalue weighted by Gasteiger charge is -2.13. The summed E-state index contributed by atoms with van der Waals surface area (Å²) in [6.45, 7) is 1.32. The number of ether oxygens (including phenoxy) is 1. The van der Waals surface area contributed by atoms with Crippen LogP contribution in [-0.4, -0.2) is 29.0 Å². The van der Waals surface area contributed by atoms with Crippen LogP contribution in [0.1, 0.15) is 17.0 Å². The number of benzene rings is 2. The summed E-state index contributed by atoms with van der Waals surface area (Å²) in [4.78, 5) is 12.9. The van der Waals surface area contributed by atoms with Crippen LogP contribution in [0.3, 0.4) is 0 Å². The van der Waals surface area contributed by atoms with E-state index in [0.717, 1.165) is 23.3 Å². The van der Waals surface area contributed by atoms with Gasteiger partial charge in [0.15, 0.2) is 0 Å². The molecular weight excluding hydrogens is 381 g/mol. The van der Waals surface area contributed by atoms with Gasteiger partial charge in [0.2, 0.25) is 0 Å². The summed E-state index contributed by atoms with van der Waals surface area (Å²) in [6.07, 6.45) is -1.03. The van der Waals surface area contributed by atoms with Gasteiger partial charge in [-0.3, -0.25) is 4.99 Å². The molecule has 8 heteroatoms. The predicted molar refractivity (Wildman–Crippen MR) is 103 cm³/mol. The van der Waals surface area contributed by atoms with E-state index < -0.39 is 11.7 Å². The molecule has 1 aliphatic heterocycles. The van der Waals surface area contributed by atoms with Crippen molar-refractivity contribution in [2.45, 2.75) is 12.7 Å². The fourth-order valence-electron chi connectivity index (χ4n) is 3.01. The number of fused-ring (bicyclic) bond motifs is 1. The molecule has 1 aliphatic rings. The molecule has 0 amide bonds. The van der Waals surface area contributed by atoms with E-state index in [2.05, 4.69) is 20.3 Å². The van der Waals surface area contributed by atoms with Crippen molar-refractivity contribution in [3.8, 4) is 16.9 Å². The topological polar surface area (TPSA) is 59.4 Å². The summed E-state index contributed by atoms with van der Waals surface area (Å²) in [6, 6.07) is 12.3. The first-order chi connectivity index (χ1) is 14.0. The Morgan fingerprint density at radius 2 is 1.69 bits per heavy atom. The Bertz CT molecular complexity index is 1020. The van der Waals surface area contributed by atoms with E-state index in [1.54, 1.807) is 18.5 Å². The summed E-state index contributed by atoms with van der Waals surface area (Å²) in [5, 5.41) is 3.24. The van der Waals surface area contributed by atoms with Gasteiger partial charge in [-0.15, -0.1) is 0 Å². The number of halogens is 3. The number of rotatable bonds is 3. The third-order valence-corrected chi connectivity index (χ3v) is 4.43. The van der Waals surface area contributed by atoms with Gasteiger partial charge in [0.05, 0.1) is 24.2 Å². The van der Waals surface area contributed by atoms with Gasteiger partial charge in [-0.1, -0.05) is 18.2 Å². The zero-order valence-electron chi connectivity index (χ0n) is 15.3. The van der Waals surface area contributed by atoms with Crippen molar-refractivity contribution in [1.82, 2.24) is 15.3 Å². The molecular formula is C21H17F3N4O. The molecule has 29 heavy (non-hydrogen) atoms. The van der Waals surface area contributed by atoms with Crippen molar-refractivity contribution in [1.29, 1.82) is 0 Å². The summed E-state index contributed by atoms with van der Waals surface area (Å²) < 4.78 is 44.2. The first-order valence-corrected chi connectivity index (χ1v) is 9.00. The molecule has 0 saturated heterocycles. The molecule has 1 N–H and O–H groups in total. The van der Waals surface area contributed by atoms with Crippen LogP contribution in [0.2, 0.25) is 0 Å². The van der Waals surface area contributed by atoms with Crippen LogP contribution < -0.4 is 10.1 Å². The van der Waals surface area contributed by atoms with Crippen molar-refractivity contribution >= 4 is 5.84 Å². The van der Waals surface area contributed by atoms with Gasteiger partial charge < -0.3 is 10.1 Å². The average molecular weight is 398 g/mol. The molecule has 148 valence electrons. The van der Waals surface area contributed by atoms with Crippen molar-refractivity contribution in [2.24, 2.45) is 4.99 Å². The third kappa shape index (κ3) is 4.37. The number of alkyl halides is 3. The normalized spacial score (nSPS) is 13.7.